The van der Waals surface area contributed by atoms with Crippen LogP contribution >= 0.6 is 0 Å². The fourth-order valence-corrected chi connectivity index (χ4v) is 1.72. The maximum absolute atomic E-state index is 11.1. The van der Waals surface area contributed by atoms with Crippen LogP contribution < -0.4 is 10.6 Å². The minimum absolute atomic E-state index is 0.0599. The zero-order valence-corrected chi connectivity index (χ0v) is 11.6. The molecular formula is C11H17N5O5. The molecule has 1 atom stereocenters. The second-order valence-electron chi connectivity index (χ2n) is 4.30. The van der Waals surface area contributed by atoms with Crippen LogP contribution in [0, 0.1) is 10.1 Å². The van der Waals surface area contributed by atoms with Crippen LogP contribution in [0.25, 0.3) is 0 Å². The van der Waals surface area contributed by atoms with Crippen LogP contribution in [-0.2, 0) is 4.74 Å². The Morgan fingerprint density at radius 3 is 2.90 bits per heavy atom. The Bertz CT molecular complexity index is 536. The molecule has 0 saturated carbocycles. The average Bonchev–Trinajstić information content (AvgIpc) is 2.45. The zero-order valence-electron chi connectivity index (χ0n) is 11.6. The van der Waals surface area contributed by atoms with E-state index in [2.05, 4.69) is 10.1 Å². The van der Waals surface area contributed by atoms with E-state index >= 15 is 0 Å². The van der Waals surface area contributed by atoms with Crippen LogP contribution in [0.2, 0.25) is 0 Å². The lowest BCUT2D eigenvalue weighted by molar-refractivity contribution is -0.384. The number of hydrogen-bond donors (Lipinski definition) is 3. The van der Waals surface area contributed by atoms with E-state index in [1.807, 2.05) is 0 Å². The van der Waals surface area contributed by atoms with E-state index in [1.54, 1.807) is 7.05 Å². The number of amidine groups is 1. The second-order valence-corrected chi connectivity index (χ2v) is 4.30. The molecule has 0 fully saturated rings. The van der Waals surface area contributed by atoms with Gasteiger partial charge in [-0.2, -0.15) is 0 Å². The number of nitrogens with zero attached hydrogens (tertiary/aromatic N) is 4. The third kappa shape index (κ3) is 4.26. The maximum Gasteiger partial charge on any atom is 0.312 e. The van der Waals surface area contributed by atoms with Crippen molar-refractivity contribution in [3.05, 3.63) is 27.9 Å². The van der Waals surface area contributed by atoms with Gasteiger partial charge < -0.3 is 25.7 Å². The number of hydrogen-bond acceptors (Lipinski definition) is 8. The van der Waals surface area contributed by atoms with E-state index in [-0.39, 0.29) is 36.1 Å². The van der Waals surface area contributed by atoms with Gasteiger partial charge in [0, 0.05) is 38.5 Å². The molecule has 0 spiro atoms. The van der Waals surface area contributed by atoms with E-state index in [0.717, 1.165) is 6.07 Å². The number of methoxy groups -OCH3 is 1. The fraction of sp³-hybridized carbons (Fsp3) is 0.455. The molecule has 10 heteroatoms. The van der Waals surface area contributed by atoms with Crippen molar-refractivity contribution in [2.45, 2.75) is 6.10 Å². The Morgan fingerprint density at radius 2 is 2.38 bits per heavy atom. The summed E-state index contributed by atoms with van der Waals surface area (Å²) in [5.74, 6) is -0.219. The lowest BCUT2D eigenvalue weighted by Gasteiger charge is -2.21. The quantitative estimate of drug-likeness (QED) is 0.201. The van der Waals surface area contributed by atoms with Crippen LogP contribution in [0.15, 0.2) is 17.4 Å². The number of nitro groups is 1. The molecule has 1 rings (SSSR count). The van der Waals surface area contributed by atoms with Crippen LogP contribution in [0.5, 0.6) is 0 Å². The molecular weight excluding hydrogens is 282 g/mol. The van der Waals surface area contributed by atoms with E-state index in [4.69, 9.17) is 15.7 Å². The van der Waals surface area contributed by atoms with Crippen LogP contribution in [0.4, 0.5) is 11.5 Å². The SMILES string of the molecule is COCC(O)CN(C)c1ncc(C(N)=NO)cc1[N+](=O)[O-]. The maximum atomic E-state index is 11.1. The minimum atomic E-state index is -0.815. The monoisotopic (exact) mass is 299 g/mol. The van der Waals surface area contributed by atoms with E-state index in [1.165, 1.54) is 18.2 Å². The second kappa shape index (κ2) is 7.36. The molecule has 4 N–H and O–H groups in total. The summed E-state index contributed by atoms with van der Waals surface area (Å²) in [4.78, 5) is 15.9. The first-order valence-electron chi connectivity index (χ1n) is 5.91. The number of ether oxygens (including phenoxy) is 1. The van der Waals surface area contributed by atoms with Gasteiger partial charge in [0.25, 0.3) is 0 Å². The van der Waals surface area contributed by atoms with Crippen molar-refractivity contribution in [2.24, 2.45) is 10.9 Å². The zero-order chi connectivity index (χ0) is 16.0. The molecule has 0 aromatic carbocycles. The summed E-state index contributed by atoms with van der Waals surface area (Å²) in [5, 5.41) is 32.1. The molecule has 0 aliphatic carbocycles. The topological polar surface area (TPSA) is 147 Å². The van der Waals surface area contributed by atoms with Gasteiger partial charge in [-0.05, 0) is 0 Å². The highest BCUT2D eigenvalue weighted by molar-refractivity contribution is 5.97. The Balaban J connectivity index is 3.09. The van der Waals surface area contributed by atoms with Gasteiger partial charge in [-0.25, -0.2) is 4.98 Å². The van der Waals surface area contributed by atoms with Gasteiger partial charge in [0.15, 0.2) is 5.84 Å². The fourth-order valence-electron chi connectivity index (χ4n) is 1.72. The molecule has 0 aliphatic heterocycles. The van der Waals surface area contributed by atoms with Crippen LogP contribution in [-0.4, -0.2) is 59.5 Å². The number of likely N-dealkylation sites (N-methyl/N-ethyl adjacent to an activating group) is 1. The van der Waals surface area contributed by atoms with Gasteiger partial charge in [-0.15, -0.1) is 0 Å². The van der Waals surface area contributed by atoms with Crippen molar-refractivity contribution in [3.63, 3.8) is 0 Å². The summed E-state index contributed by atoms with van der Waals surface area (Å²) in [6.45, 7) is 0.199. The van der Waals surface area contributed by atoms with Gasteiger partial charge in [-0.3, -0.25) is 10.1 Å². The summed E-state index contributed by atoms with van der Waals surface area (Å²) in [6.07, 6.45) is 0.432. The van der Waals surface area contributed by atoms with E-state index < -0.39 is 11.0 Å². The molecule has 0 saturated heterocycles. The van der Waals surface area contributed by atoms with Gasteiger partial charge in [0.1, 0.15) is 0 Å². The molecule has 1 aromatic rings. The highest BCUT2D eigenvalue weighted by atomic mass is 16.6. The number of oxime groups is 1. The molecule has 0 bridgehead atoms. The molecule has 0 aliphatic rings. The van der Waals surface area contributed by atoms with Crippen molar-refractivity contribution in [1.82, 2.24) is 4.98 Å². The third-order valence-corrected chi connectivity index (χ3v) is 2.65. The van der Waals surface area contributed by atoms with Gasteiger partial charge in [-0.1, -0.05) is 5.16 Å². The Kier molecular flexibility index (Phi) is 5.81. The van der Waals surface area contributed by atoms with E-state index in [9.17, 15) is 15.2 Å². The van der Waals surface area contributed by atoms with Crippen molar-refractivity contribution in [2.75, 3.05) is 32.2 Å². The largest absolute Gasteiger partial charge is 0.409 e. The van der Waals surface area contributed by atoms with Crippen molar-refractivity contribution in [3.8, 4) is 0 Å². The van der Waals surface area contributed by atoms with Crippen molar-refractivity contribution in [1.29, 1.82) is 0 Å². The molecule has 10 nitrogen and oxygen atoms in total. The number of pyridine rings is 1. The number of anilines is 1. The average molecular weight is 299 g/mol. The van der Waals surface area contributed by atoms with Crippen molar-refractivity contribution < 1.29 is 20.0 Å². The predicted octanol–water partition coefficient (Wildman–Crippen LogP) is -0.472. The lowest BCUT2D eigenvalue weighted by Crippen LogP contribution is -2.32. The number of aromatic nitrogens is 1. The van der Waals surface area contributed by atoms with Crippen molar-refractivity contribution >= 4 is 17.3 Å². The highest BCUT2D eigenvalue weighted by Gasteiger charge is 2.22. The van der Waals surface area contributed by atoms with E-state index in [0.29, 0.717) is 0 Å². The number of aliphatic hydroxyl groups is 1. The third-order valence-electron chi connectivity index (χ3n) is 2.65. The molecule has 0 radical (unpaired) electrons. The summed E-state index contributed by atoms with van der Waals surface area (Å²) in [7, 11) is 2.99. The summed E-state index contributed by atoms with van der Waals surface area (Å²) in [5.41, 5.74) is 5.19. The molecule has 21 heavy (non-hydrogen) atoms. The molecule has 116 valence electrons. The summed E-state index contributed by atoms with van der Waals surface area (Å²) >= 11 is 0. The lowest BCUT2D eigenvalue weighted by atomic mass is 10.2. The smallest absolute Gasteiger partial charge is 0.312 e. The molecule has 1 unspecified atom stereocenters. The number of rotatable bonds is 7. The molecule has 0 amide bonds. The van der Waals surface area contributed by atoms with Gasteiger partial charge in [0.05, 0.1) is 17.6 Å². The number of nitrogens with two attached hydrogens (primary N) is 1. The molecule has 1 heterocycles. The first kappa shape index (κ1) is 16.6. The standard InChI is InChI=1S/C11H17N5O5/c1-15(5-8(17)6-21-2)11-9(16(19)20)3-7(4-13-11)10(12)14-18/h3-4,8,17-18H,5-6H2,1-2H3,(H2,12,14). The predicted molar refractivity (Wildman–Crippen MR) is 74.6 cm³/mol. The Morgan fingerprint density at radius 1 is 1.71 bits per heavy atom. The van der Waals surface area contributed by atoms with Crippen LogP contribution in [0.1, 0.15) is 5.56 Å². The normalized spacial score (nSPS) is 13.0. The summed E-state index contributed by atoms with van der Waals surface area (Å²) < 4.78 is 4.79. The first-order valence-corrected chi connectivity index (χ1v) is 5.91. The first-order chi connectivity index (χ1) is 9.90. The Labute approximate surface area is 120 Å². The van der Waals surface area contributed by atoms with Gasteiger partial charge >= 0.3 is 5.69 Å². The van der Waals surface area contributed by atoms with Gasteiger partial charge in [0.2, 0.25) is 5.82 Å². The highest BCUT2D eigenvalue weighted by Crippen LogP contribution is 2.25. The minimum Gasteiger partial charge on any atom is -0.409 e. The molecule has 1 aromatic heterocycles. The number of aliphatic hydroxyl groups excluding tert-OH is 1. The summed E-state index contributed by atoms with van der Waals surface area (Å²) in [6, 6.07) is 1.15. The Hall–Kier alpha value is -2.46. The van der Waals surface area contributed by atoms with Crippen LogP contribution in [0.3, 0.4) is 0 Å².